The summed E-state index contributed by atoms with van der Waals surface area (Å²) in [4.78, 5) is 22.4. The molecular formula is C24H32N4O2. The summed E-state index contributed by atoms with van der Waals surface area (Å²) < 4.78 is 6.19. The van der Waals surface area contributed by atoms with E-state index in [0.717, 1.165) is 49.2 Å². The topological polar surface area (TPSA) is 70.2 Å². The minimum atomic E-state index is -0.412. The van der Waals surface area contributed by atoms with Gasteiger partial charge in [-0.2, -0.15) is 0 Å². The number of fused-ring (bicyclic) bond motifs is 1. The Morgan fingerprint density at radius 1 is 1.20 bits per heavy atom. The van der Waals surface area contributed by atoms with Gasteiger partial charge in [0.25, 0.3) is 5.56 Å². The molecule has 2 heterocycles. The Kier molecular flexibility index (Phi) is 6.84. The minimum Gasteiger partial charge on any atom is -0.467 e. The van der Waals surface area contributed by atoms with Crippen LogP contribution in [-0.2, 0) is 19.4 Å². The van der Waals surface area contributed by atoms with E-state index >= 15 is 0 Å². The number of hydrogen-bond donors (Lipinski definition) is 2. The fourth-order valence-electron chi connectivity index (χ4n) is 4.34. The molecule has 1 saturated heterocycles. The van der Waals surface area contributed by atoms with Crippen molar-refractivity contribution in [3.8, 4) is 5.75 Å². The second-order valence-electron chi connectivity index (χ2n) is 8.24. The number of aromatic nitrogens is 2. The highest BCUT2D eigenvalue weighted by Gasteiger charge is 2.17. The molecule has 6 heteroatoms. The smallest absolute Gasteiger partial charge is 0.255 e. The van der Waals surface area contributed by atoms with Crippen LogP contribution in [0.1, 0.15) is 55.8 Å². The molecule has 0 spiro atoms. The number of allylic oxidation sites excluding steroid dienone is 1. The third-order valence-corrected chi connectivity index (χ3v) is 5.85. The molecule has 0 radical (unpaired) electrons. The number of anilines is 1. The summed E-state index contributed by atoms with van der Waals surface area (Å²) in [5, 5.41) is 3.23. The van der Waals surface area contributed by atoms with Crippen LogP contribution in [0.2, 0.25) is 0 Å². The summed E-state index contributed by atoms with van der Waals surface area (Å²) in [5.41, 5.74) is 2.97. The first-order valence-electron chi connectivity index (χ1n) is 11.2. The predicted octanol–water partition coefficient (Wildman–Crippen LogP) is 4.03. The van der Waals surface area contributed by atoms with E-state index in [-0.39, 0.29) is 5.56 Å². The molecular weight excluding hydrogens is 376 g/mol. The van der Waals surface area contributed by atoms with Crippen LogP contribution in [0.4, 0.5) is 5.95 Å². The summed E-state index contributed by atoms with van der Waals surface area (Å²) in [6.07, 6.45) is 11.2. The van der Waals surface area contributed by atoms with Crippen LogP contribution in [0.15, 0.2) is 41.2 Å². The largest absolute Gasteiger partial charge is 0.467 e. The van der Waals surface area contributed by atoms with Crippen LogP contribution in [-0.4, -0.2) is 34.2 Å². The van der Waals surface area contributed by atoms with Gasteiger partial charge in [-0.1, -0.05) is 24.6 Å². The molecule has 2 aromatic rings. The summed E-state index contributed by atoms with van der Waals surface area (Å²) in [5.74, 6) is 1.27. The van der Waals surface area contributed by atoms with Crippen molar-refractivity contribution in [2.75, 3.05) is 18.4 Å². The molecule has 0 saturated carbocycles. The summed E-state index contributed by atoms with van der Waals surface area (Å²) in [6.45, 7) is 5.25. The third-order valence-electron chi connectivity index (χ3n) is 5.85. The molecule has 30 heavy (non-hydrogen) atoms. The van der Waals surface area contributed by atoms with Crippen molar-refractivity contribution in [3.05, 3.63) is 63.6 Å². The number of hydrogen-bond acceptors (Lipinski definition) is 5. The number of likely N-dealkylation sites (tertiary alicyclic amines) is 1. The van der Waals surface area contributed by atoms with Crippen LogP contribution in [0, 0.1) is 0 Å². The Bertz CT molecular complexity index is 931. The van der Waals surface area contributed by atoms with Gasteiger partial charge in [-0.05, 0) is 82.3 Å². The van der Waals surface area contributed by atoms with Gasteiger partial charge in [0, 0.05) is 12.1 Å². The number of benzene rings is 1. The first-order chi connectivity index (χ1) is 14.7. The molecule has 0 amide bonds. The Hall–Kier alpha value is -2.60. The maximum Gasteiger partial charge on any atom is 0.255 e. The van der Waals surface area contributed by atoms with Gasteiger partial charge >= 0.3 is 0 Å². The quantitative estimate of drug-likeness (QED) is 0.535. The highest BCUT2D eigenvalue weighted by Crippen LogP contribution is 2.20. The highest BCUT2D eigenvalue weighted by atomic mass is 16.5. The van der Waals surface area contributed by atoms with Crippen molar-refractivity contribution in [3.63, 3.8) is 0 Å². The number of nitrogens with zero attached hydrogens (tertiary/aromatic N) is 2. The van der Waals surface area contributed by atoms with Gasteiger partial charge in [0.15, 0.2) is 6.23 Å². The first kappa shape index (κ1) is 20.7. The molecule has 1 aromatic heterocycles. The predicted molar refractivity (Wildman–Crippen MR) is 120 cm³/mol. The lowest BCUT2D eigenvalue weighted by molar-refractivity contribution is 0.220. The van der Waals surface area contributed by atoms with E-state index in [9.17, 15) is 4.79 Å². The van der Waals surface area contributed by atoms with E-state index in [1.54, 1.807) is 0 Å². The SMILES string of the molecule is C/C=C\C(Nc1nc2c(c(=O)[nH]1)CCCC2)Oc1cccc(CN2CCCCC2)c1. The zero-order valence-corrected chi connectivity index (χ0v) is 17.8. The molecule has 1 atom stereocenters. The molecule has 1 aliphatic heterocycles. The van der Waals surface area contributed by atoms with Crippen molar-refractivity contribution in [1.29, 1.82) is 0 Å². The number of ether oxygens (including phenoxy) is 1. The Morgan fingerprint density at radius 2 is 2.03 bits per heavy atom. The highest BCUT2D eigenvalue weighted by molar-refractivity contribution is 5.34. The number of piperidine rings is 1. The van der Waals surface area contributed by atoms with Crippen molar-refractivity contribution in [1.82, 2.24) is 14.9 Å². The number of nitrogens with one attached hydrogen (secondary N) is 2. The summed E-state index contributed by atoms with van der Waals surface area (Å²) in [6, 6.07) is 8.28. The van der Waals surface area contributed by atoms with Gasteiger partial charge in [0.1, 0.15) is 5.75 Å². The van der Waals surface area contributed by atoms with Crippen LogP contribution in [0.25, 0.3) is 0 Å². The molecule has 1 unspecified atom stereocenters. The van der Waals surface area contributed by atoms with Crippen LogP contribution < -0.4 is 15.6 Å². The van der Waals surface area contributed by atoms with Crippen LogP contribution >= 0.6 is 0 Å². The van der Waals surface area contributed by atoms with E-state index in [1.165, 1.54) is 37.9 Å². The molecule has 6 nitrogen and oxygen atoms in total. The molecule has 160 valence electrons. The van der Waals surface area contributed by atoms with E-state index in [2.05, 4.69) is 32.3 Å². The van der Waals surface area contributed by atoms with Crippen molar-refractivity contribution in [2.24, 2.45) is 0 Å². The summed E-state index contributed by atoms with van der Waals surface area (Å²) >= 11 is 0. The molecule has 0 bridgehead atoms. The zero-order valence-electron chi connectivity index (χ0n) is 17.8. The molecule has 2 N–H and O–H groups in total. The monoisotopic (exact) mass is 408 g/mol. The van der Waals surface area contributed by atoms with Gasteiger partial charge in [0.2, 0.25) is 5.95 Å². The van der Waals surface area contributed by atoms with Gasteiger partial charge in [-0.15, -0.1) is 0 Å². The number of H-pyrrole nitrogens is 1. The van der Waals surface area contributed by atoms with E-state index in [1.807, 2.05) is 31.2 Å². The van der Waals surface area contributed by atoms with E-state index < -0.39 is 6.23 Å². The fraction of sp³-hybridized carbons (Fsp3) is 0.500. The maximum atomic E-state index is 12.4. The Morgan fingerprint density at radius 3 is 2.87 bits per heavy atom. The second kappa shape index (κ2) is 9.94. The third kappa shape index (κ3) is 5.30. The second-order valence-corrected chi connectivity index (χ2v) is 8.24. The fourth-order valence-corrected chi connectivity index (χ4v) is 4.34. The Labute approximate surface area is 178 Å². The molecule has 1 aromatic carbocycles. The van der Waals surface area contributed by atoms with Crippen LogP contribution in [0.3, 0.4) is 0 Å². The maximum absolute atomic E-state index is 12.4. The molecule has 1 aliphatic carbocycles. The number of aromatic amines is 1. The number of rotatable bonds is 7. The zero-order chi connectivity index (χ0) is 20.8. The molecule has 2 aliphatic rings. The van der Waals surface area contributed by atoms with Crippen LogP contribution in [0.5, 0.6) is 5.75 Å². The van der Waals surface area contributed by atoms with Gasteiger partial charge in [0.05, 0.1) is 5.69 Å². The van der Waals surface area contributed by atoms with Crippen molar-refractivity contribution < 1.29 is 4.74 Å². The van der Waals surface area contributed by atoms with E-state index in [0.29, 0.717) is 5.95 Å². The average molecular weight is 409 g/mol. The lowest BCUT2D eigenvalue weighted by atomic mass is 9.97. The van der Waals surface area contributed by atoms with Gasteiger partial charge in [-0.25, -0.2) is 4.98 Å². The normalized spacial score (nSPS) is 18.2. The first-order valence-corrected chi connectivity index (χ1v) is 11.2. The van der Waals surface area contributed by atoms with Crippen molar-refractivity contribution >= 4 is 5.95 Å². The van der Waals surface area contributed by atoms with Gasteiger partial charge in [-0.3, -0.25) is 14.7 Å². The molecule has 1 fully saturated rings. The molecule has 4 rings (SSSR count). The lowest BCUT2D eigenvalue weighted by Gasteiger charge is -2.26. The van der Waals surface area contributed by atoms with Crippen molar-refractivity contribution in [2.45, 2.75) is 64.6 Å². The standard InChI is InChI=1S/C24H32N4O2/c1-2-9-22(26-24-25-21-13-5-4-12-20(21)23(29)27-24)30-19-11-8-10-18(16-19)17-28-14-6-3-7-15-28/h2,8-11,16,22H,3-7,12-15,17H2,1H3,(H2,25,26,27,29)/b9-2-. The van der Waals surface area contributed by atoms with Gasteiger partial charge < -0.3 is 10.1 Å². The number of aryl methyl sites for hydroxylation is 1. The average Bonchev–Trinajstić information content (AvgIpc) is 2.75. The summed E-state index contributed by atoms with van der Waals surface area (Å²) in [7, 11) is 0. The minimum absolute atomic E-state index is 0.0371. The van der Waals surface area contributed by atoms with E-state index in [4.69, 9.17) is 4.74 Å². The lowest BCUT2D eigenvalue weighted by Crippen LogP contribution is -2.29. The Balaban J connectivity index is 1.45.